The minimum Gasteiger partial charge on any atom is -0.378 e. The summed E-state index contributed by atoms with van der Waals surface area (Å²) in [5, 5.41) is 5.99. The monoisotopic (exact) mass is 420 g/mol. The Morgan fingerprint density at radius 1 is 1.07 bits per heavy atom. The van der Waals surface area contributed by atoms with E-state index in [0.29, 0.717) is 43.4 Å². The van der Waals surface area contributed by atoms with Gasteiger partial charge >= 0.3 is 12.1 Å². The second-order valence-corrected chi connectivity index (χ2v) is 6.31. The zero-order valence-corrected chi connectivity index (χ0v) is 15.4. The van der Waals surface area contributed by atoms with Crippen molar-refractivity contribution >= 4 is 17.4 Å². The van der Waals surface area contributed by atoms with Crippen LogP contribution in [0.15, 0.2) is 41.2 Å². The Morgan fingerprint density at radius 3 is 2.47 bits per heavy atom. The summed E-state index contributed by atoms with van der Waals surface area (Å²) in [6.45, 7) is 2.48. The molecule has 9 nitrogen and oxygen atoms in total. The first-order valence-corrected chi connectivity index (χ1v) is 8.87. The molecule has 1 N–H and O–H groups in total. The van der Waals surface area contributed by atoms with Crippen LogP contribution in [0.5, 0.6) is 0 Å². The molecule has 1 aliphatic heterocycles. The molecule has 0 unspecified atom stereocenters. The average molecular weight is 420 g/mol. The Balaban J connectivity index is 1.44. The van der Waals surface area contributed by atoms with Crippen LogP contribution in [0.1, 0.15) is 16.4 Å². The quantitative estimate of drug-likeness (QED) is 0.687. The average Bonchev–Trinajstić information content (AvgIpc) is 3.26. The Bertz CT molecular complexity index is 1030. The predicted octanol–water partition coefficient (Wildman–Crippen LogP) is 2.63. The number of nitrogens with zero attached hydrogens (tertiary/aromatic N) is 5. The molecule has 30 heavy (non-hydrogen) atoms. The van der Waals surface area contributed by atoms with Crippen molar-refractivity contribution < 1.29 is 27.2 Å². The van der Waals surface area contributed by atoms with E-state index < -0.39 is 18.0 Å². The fourth-order valence-corrected chi connectivity index (χ4v) is 2.76. The van der Waals surface area contributed by atoms with Crippen LogP contribution in [-0.2, 0) is 10.9 Å². The number of nitrogens with one attached hydrogen (secondary N) is 1. The number of hydrogen-bond acceptors (Lipinski definition) is 8. The summed E-state index contributed by atoms with van der Waals surface area (Å²) in [6, 6.07) is 5.96. The highest BCUT2D eigenvalue weighted by Gasteiger charge is 2.38. The van der Waals surface area contributed by atoms with Gasteiger partial charge in [-0.05, 0) is 24.3 Å². The van der Waals surface area contributed by atoms with Crippen molar-refractivity contribution in [3.63, 3.8) is 0 Å². The molecule has 0 saturated carbocycles. The molecule has 2 aromatic heterocycles. The largest absolute Gasteiger partial charge is 0.471 e. The summed E-state index contributed by atoms with van der Waals surface area (Å²) in [4.78, 5) is 26.2. The van der Waals surface area contributed by atoms with Crippen LogP contribution in [0.3, 0.4) is 0 Å². The molecule has 1 fully saturated rings. The number of halogens is 3. The fraction of sp³-hybridized carbons (Fsp3) is 0.278. The van der Waals surface area contributed by atoms with Crippen molar-refractivity contribution in [1.29, 1.82) is 0 Å². The fourth-order valence-electron chi connectivity index (χ4n) is 2.76. The molecule has 12 heteroatoms. The number of morpholine rings is 1. The smallest absolute Gasteiger partial charge is 0.378 e. The zero-order valence-electron chi connectivity index (χ0n) is 15.4. The van der Waals surface area contributed by atoms with Gasteiger partial charge in [0.1, 0.15) is 11.5 Å². The molecule has 1 saturated heterocycles. The summed E-state index contributed by atoms with van der Waals surface area (Å²) >= 11 is 0. The van der Waals surface area contributed by atoms with Crippen LogP contribution in [-0.4, -0.2) is 52.3 Å². The maximum absolute atomic E-state index is 12.6. The SMILES string of the molecule is O=C(Nc1ccc(-c2noc(C(F)(F)F)n2)cc1)c1cncc(N2CCOCC2)n1. The third kappa shape index (κ3) is 4.38. The maximum Gasteiger partial charge on any atom is 0.471 e. The second-order valence-electron chi connectivity index (χ2n) is 6.31. The van der Waals surface area contributed by atoms with Crippen LogP contribution in [0.4, 0.5) is 24.7 Å². The molecule has 1 aliphatic rings. The molecule has 1 aromatic carbocycles. The van der Waals surface area contributed by atoms with Crippen molar-refractivity contribution in [2.75, 3.05) is 36.5 Å². The first kappa shape index (κ1) is 19.8. The lowest BCUT2D eigenvalue weighted by molar-refractivity contribution is -0.159. The van der Waals surface area contributed by atoms with Gasteiger partial charge < -0.3 is 19.5 Å². The summed E-state index contributed by atoms with van der Waals surface area (Å²) in [5.41, 5.74) is 0.860. The van der Waals surface area contributed by atoms with E-state index in [9.17, 15) is 18.0 Å². The van der Waals surface area contributed by atoms with Crippen LogP contribution in [0, 0.1) is 0 Å². The van der Waals surface area contributed by atoms with E-state index >= 15 is 0 Å². The molecule has 0 spiro atoms. The number of ether oxygens (including phenoxy) is 1. The number of hydrogen-bond donors (Lipinski definition) is 1. The predicted molar refractivity (Wildman–Crippen MR) is 97.8 cm³/mol. The van der Waals surface area contributed by atoms with Gasteiger partial charge in [0, 0.05) is 24.3 Å². The van der Waals surface area contributed by atoms with Crippen molar-refractivity contribution in [2.45, 2.75) is 6.18 Å². The number of benzene rings is 1. The summed E-state index contributed by atoms with van der Waals surface area (Å²) in [5.74, 6) is -1.51. The van der Waals surface area contributed by atoms with Gasteiger partial charge in [0.05, 0.1) is 25.6 Å². The lowest BCUT2D eigenvalue weighted by Crippen LogP contribution is -2.37. The topological polar surface area (TPSA) is 106 Å². The molecule has 3 aromatic rings. The standard InChI is InChI=1S/C18H15F3N6O3/c19-18(20,21)17-25-15(26-30-17)11-1-3-12(4-2-11)23-16(28)13-9-22-10-14(24-13)27-5-7-29-8-6-27/h1-4,9-10H,5-8H2,(H,23,28). The van der Waals surface area contributed by atoms with Gasteiger partial charge in [-0.2, -0.15) is 18.2 Å². The van der Waals surface area contributed by atoms with E-state index in [1.807, 2.05) is 4.90 Å². The van der Waals surface area contributed by atoms with Gasteiger partial charge in [0.15, 0.2) is 0 Å². The molecule has 156 valence electrons. The van der Waals surface area contributed by atoms with Crippen molar-refractivity contribution in [3.8, 4) is 11.4 Å². The highest BCUT2D eigenvalue weighted by atomic mass is 19.4. The Hall–Kier alpha value is -3.54. The number of anilines is 2. The Labute approximate surface area is 167 Å². The van der Waals surface area contributed by atoms with Gasteiger partial charge in [-0.1, -0.05) is 5.16 Å². The number of rotatable bonds is 4. The van der Waals surface area contributed by atoms with Crippen molar-refractivity contribution in [3.05, 3.63) is 48.2 Å². The van der Waals surface area contributed by atoms with E-state index in [4.69, 9.17) is 4.74 Å². The number of amides is 1. The third-order valence-corrected chi connectivity index (χ3v) is 4.26. The summed E-state index contributed by atoms with van der Waals surface area (Å²) in [7, 11) is 0. The molecule has 0 bridgehead atoms. The first-order valence-electron chi connectivity index (χ1n) is 8.87. The van der Waals surface area contributed by atoms with Crippen LogP contribution >= 0.6 is 0 Å². The molecule has 3 heterocycles. The van der Waals surface area contributed by atoms with E-state index in [1.165, 1.54) is 30.5 Å². The van der Waals surface area contributed by atoms with E-state index in [-0.39, 0.29) is 11.5 Å². The second kappa shape index (κ2) is 8.06. The lowest BCUT2D eigenvalue weighted by Gasteiger charge is -2.27. The highest BCUT2D eigenvalue weighted by molar-refractivity contribution is 6.02. The van der Waals surface area contributed by atoms with E-state index in [2.05, 4.69) is 29.9 Å². The number of carbonyl (C=O) groups excluding carboxylic acids is 1. The Kier molecular flexibility index (Phi) is 5.31. The molecule has 0 aliphatic carbocycles. The van der Waals surface area contributed by atoms with Crippen LogP contribution in [0.25, 0.3) is 11.4 Å². The number of alkyl halides is 3. The van der Waals surface area contributed by atoms with Crippen LogP contribution < -0.4 is 10.2 Å². The Morgan fingerprint density at radius 2 is 1.80 bits per heavy atom. The zero-order chi connectivity index (χ0) is 21.1. The van der Waals surface area contributed by atoms with Crippen molar-refractivity contribution in [2.24, 2.45) is 0 Å². The molecule has 1 amide bonds. The van der Waals surface area contributed by atoms with Crippen molar-refractivity contribution in [1.82, 2.24) is 20.1 Å². The third-order valence-electron chi connectivity index (χ3n) is 4.26. The first-order chi connectivity index (χ1) is 14.4. The molecular weight excluding hydrogens is 405 g/mol. The van der Waals surface area contributed by atoms with Gasteiger partial charge in [-0.25, -0.2) is 4.98 Å². The number of aromatic nitrogens is 4. The minimum absolute atomic E-state index is 0.135. The van der Waals surface area contributed by atoms with E-state index in [1.54, 1.807) is 6.20 Å². The summed E-state index contributed by atoms with van der Waals surface area (Å²) < 4.78 is 47.2. The minimum atomic E-state index is -4.71. The highest BCUT2D eigenvalue weighted by Crippen LogP contribution is 2.29. The lowest BCUT2D eigenvalue weighted by atomic mass is 10.2. The molecule has 0 radical (unpaired) electrons. The normalized spacial score (nSPS) is 14.6. The molecule has 0 atom stereocenters. The summed E-state index contributed by atoms with van der Waals surface area (Å²) in [6.07, 6.45) is -1.78. The van der Waals surface area contributed by atoms with Gasteiger partial charge in [0.2, 0.25) is 5.82 Å². The maximum atomic E-state index is 12.6. The van der Waals surface area contributed by atoms with Gasteiger partial charge in [-0.15, -0.1) is 0 Å². The van der Waals surface area contributed by atoms with E-state index in [0.717, 1.165) is 0 Å². The number of carbonyl (C=O) groups is 1. The van der Waals surface area contributed by atoms with Gasteiger partial charge in [-0.3, -0.25) is 9.78 Å². The van der Waals surface area contributed by atoms with Gasteiger partial charge in [0.25, 0.3) is 5.91 Å². The molecular formula is C18H15F3N6O3. The molecule has 4 rings (SSSR count). The van der Waals surface area contributed by atoms with Crippen LogP contribution in [0.2, 0.25) is 0 Å².